The van der Waals surface area contributed by atoms with Gasteiger partial charge in [-0.15, -0.1) is 0 Å². The van der Waals surface area contributed by atoms with Gasteiger partial charge in [0.2, 0.25) is 0 Å². The number of hydrogen-bond donors (Lipinski definition) is 1. The van der Waals surface area contributed by atoms with Crippen molar-refractivity contribution in [3.8, 4) is 0 Å². The molecule has 0 fully saturated rings. The first-order chi connectivity index (χ1) is 8.59. The van der Waals surface area contributed by atoms with Crippen LogP contribution in [-0.2, 0) is 13.6 Å². The number of imidazole rings is 1. The van der Waals surface area contributed by atoms with Crippen LogP contribution >= 0.6 is 0 Å². The smallest absolute Gasteiger partial charge is 0.257 e. The number of aryl methyl sites for hydroxylation is 1. The summed E-state index contributed by atoms with van der Waals surface area (Å²) in [5.74, 6) is -1.96. The highest BCUT2D eigenvalue weighted by atomic mass is 19.1. The molecule has 94 valence electrons. The zero-order valence-corrected chi connectivity index (χ0v) is 9.65. The molecule has 0 aliphatic rings. The largest absolute Gasteiger partial charge is 0.345 e. The lowest BCUT2D eigenvalue weighted by Gasteiger charge is -2.07. The molecule has 0 spiro atoms. The average Bonchev–Trinajstić information content (AvgIpc) is 2.72. The van der Waals surface area contributed by atoms with Crippen molar-refractivity contribution in [3.63, 3.8) is 0 Å². The second-order valence-electron chi connectivity index (χ2n) is 3.73. The molecule has 0 aliphatic carbocycles. The van der Waals surface area contributed by atoms with Crippen LogP contribution in [-0.4, -0.2) is 15.5 Å². The second kappa shape index (κ2) is 4.95. The normalized spacial score (nSPS) is 10.4. The lowest BCUT2D eigenvalue weighted by molar-refractivity contribution is 0.0941. The van der Waals surface area contributed by atoms with Crippen molar-refractivity contribution < 1.29 is 13.6 Å². The highest BCUT2D eigenvalue weighted by molar-refractivity contribution is 5.94. The number of nitrogens with one attached hydrogen (secondary N) is 1. The summed E-state index contributed by atoms with van der Waals surface area (Å²) in [6.45, 7) is 0.107. The maximum absolute atomic E-state index is 13.3. The molecule has 4 nitrogen and oxygen atoms in total. The Labute approximate surface area is 102 Å². The summed E-state index contributed by atoms with van der Waals surface area (Å²) in [6, 6.07) is 3.29. The summed E-state index contributed by atoms with van der Waals surface area (Å²) in [4.78, 5) is 15.7. The fraction of sp³-hybridized carbons (Fsp3) is 0.167. The molecule has 0 saturated heterocycles. The summed E-state index contributed by atoms with van der Waals surface area (Å²) >= 11 is 0. The Morgan fingerprint density at radius 1 is 1.39 bits per heavy atom. The molecule has 0 radical (unpaired) electrons. The number of hydrogen-bond acceptors (Lipinski definition) is 2. The molecule has 0 bridgehead atoms. The van der Waals surface area contributed by atoms with Gasteiger partial charge in [0.15, 0.2) is 0 Å². The van der Waals surface area contributed by atoms with E-state index in [1.807, 2.05) is 0 Å². The molecule has 1 aromatic carbocycles. The summed E-state index contributed by atoms with van der Waals surface area (Å²) in [6.07, 6.45) is 3.29. The van der Waals surface area contributed by atoms with Gasteiger partial charge in [-0.2, -0.15) is 0 Å². The Bertz CT molecular complexity index is 560. The van der Waals surface area contributed by atoms with E-state index in [0.29, 0.717) is 5.82 Å². The Kier molecular flexibility index (Phi) is 3.36. The van der Waals surface area contributed by atoms with Crippen LogP contribution in [0.3, 0.4) is 0 Å². The molecule has 0 saturated carbocycles. The summed E-state index contributed by atoms with van der Waals surface area (Å²) < 4.78 is 28.4. The van der Waals surface area contributed by atoms with Gasteiger partial charge in [-0.1, -0.05) is 6.07 Å². The molecule has 1 heterocycles. The van der Waals surface area contributed by atoms with Crippen LogP contribution in [0.25, 0.3) is 0 Å². The second-order valence-corrected chi connectivity index (χ2v) is 3.73. The molecule has 1 aromatic heterocycles. The Morgan fingerprint density at radius 3 is 2.61 bits per heavy atom. The SMILES string of the molecule is Cn1ccnc1CNC(=O)c1c(F)cccc1F. The van der Waals surface area contributed by atoms with Gasteiger partial charge in [-0.25, -0.2) is 13.8 Å². The molecular formula is C12H11F2N3O. The molecule has 6 heteroatoms. The highest BCUT2D eigenvalue weighted by Gasteiger charge is 2.16. The van der Waals surface area contributed by atoms with Crippen LogP contribution < -0.4 is 5.32 Å². The van der Waals surface area contributed by atoms with Gasteiger partial charge in [-0.05, 0) is 12.1 Å². The van der Waals surface area contributed by atoms with Crippen molar-refractivity contribution in [1.29, 1.82) is 0 Å². The van der Waals surface area contributed by atoms with E-state index >= 15 is 0 Å². The van der Waals surface area contributed by atoms with Crippen molar-refractivity contribution in [2.75, 3.05) is 0 Å². The van der Waals surface area contributed by atoms with Crippen molar-refractivity contribution >= 4 is 5.91 Å². The maximum atomic E-state index is 13.3. The van der Waals surface area contributed by atoms with Gasteiger partial charge < -0.3 is 9.88 Å². The van der Waals surface area contributed by atoms with E-state index in [2.05, 4.69) is 10.3 Å². The third-order valence-electron chi connectivity index (χ3n) is 2.52. The molecule has 1 amide bonds. The molecule has 18 heavy (non-hydrogen) atoms. The summed E-state index contributed by atoms with van der Waals surface area (Å²) in [5, 5.41) is 2.42. The minimum atomic E-state index is -0.882. The quantitative estimate of drug-likeness (QED) is 0.901. The Hall–Kier alpha value is -2.24. The van der Waals surface area contributed by atoms with Crippen LogP contribution in [0.2, 0.25) is 0 Å². The van der Waals surface area contributed by atoms with Gasteiger partial charge in [0.05, 0.1) is 6.54 Å². The number of halogens is 2. The number of carbonyl (C=O) groups is 1. The summed E-state index contributed by atoms with van der Waals surface area (Å²) in [5.41, 5.74) is -0.577. The number of amides is 1. The van der Waals surface area contributed by atoms with Crippen LogP contribution in [0.1, 0.15) is 16.2 Å². The predicted molar refractivity (Wildman–Crippen MR) is 60.7 cm³/mol. The zero-order chi connectivity index (χ0) is 13.1. The van der Waals surface area contributed by atoms with E-state index in [0.717, 1.165) is 12.1 Å². The van der Waals surface area contributed by atoms with Crippen LogP contribution in [0.5, 0.6) is 0 Å². The Balaban J connectivity index is 2.11. The predicted octanol–water partition coefficient (Wildman–Crippen LogP) is 1.63. The van der Waals surface area contributed by atoms with Crippen molar-refractivity contribution in [3.05, 3.63) is 53.6 Å². The first-order valence-corrected chi connectivity index (χ1v) is 5.28. The lowest BCUT2D eigenvalue weighted by atomic mass is 10.2. The van der Waals surface area contributed by atoms with E-state index in [4.69, 9.17) is 0 Å². The molecule has 0 atom stereocenters. The number of nitrogens with zero attached hydrogens (tertiary/aromatic N) is 2. The third-order valence-corrected chi connectivity index (χ3v) is 2.52. The average molecular weight is 251 g/mol. The molecule has 0 aliphatic heterocycles. The van der Waals surface area contributed by atoms with Crippen LogP contribution in [0, 0.1) is 11.6 Å². The zero-order valence-electron chi connectivity index (χ0n) is 9.65. The standard InChI is InChI=1S/C12H11F2N3O/c1-17-6-5-15-10(17)7-16-12(18)11-8(13)3-2-4-9(11)14/h2-6H,7H2,1H3,(H,16,18). The highest BCUT2D eigenvalue weighted by Crippen LogP contribution is 2.11. The first kappa shape index (κ1) is 12.2. The van der Waals surface area contributed by atoms with Crippen molar-refractivity contribution in [1.82, 2.24) is 14.9 Å². The van der Waals surface area contributed by atoms with Gasteiger partial charge in [0.1, 0.15) is 23.0 Å². The first-order valence-electron chi connectivity index (χ1n) is 5.28. The number of rotatable bonds is 3. The fourth-order valence-electron chi connectivity index (χ4n) is 1.53. The number of aromatic nitrogens is 2. The van der Waals surface area contributed by atoms with E-state index < -0.39 is 23.1 Å². The fourth-order valence-corrected chi connectivity index (χ4v) is 1.53. The van der Waals surface area contributed by atoms with E-state index in [1.165, 1.54) is 6.07 Å². The van der Waals surface area contributed by atoms with Crippen LogP contribution in [0.15, 0.2) is 30.6 Å². The number of benzene rings is 1. The summed E-state index contributed by atoms with van der Waals surface area (Å²) in [7, 11) is 1.76. The molecule has 1 N–H and O–H groups in total. The molecule has 2 rings (SSSR count). The van der Waals surface area contributed by atoms with Crippen molar-refractivity contribution in [2.45, 2.75) is 6.54 Å². The van der Waals surface area contributed by atoms with Crippen molar-refractivity contribution in [2.24, 2.45) is 7.05 Å². The van der Waals surface area contributed by atoms with E-state index in [-0.39, 0.29) is 6.54 Å². The minimum Gasteiger partial charge on any atom is -0.345 e. The molecule has 2 aromatic rings. The van der Waals surface area contributed by atoms with E-state index in [1.54, 1.807) is 24.0 Å². The van der Waals surface area contributed by atoms with Gasteiger partial charge in [0, 0.05) is 19.4 Å². The van der Waals surface area contributed by atoms with E-state index in [9.17, 15) is 13.6 Å². The van der Waals surface area contributed by atoms with Crippen LogP contribution in [0.4, 0.5) is 8.78 Å². The Morgan fingerprint density at radius 2 is 2.06 bits per heavy atom. The van der Waals surface area contributed by atoms with Gasteiger partial charge >= 0.3 is 0 Å². The number of carbonyl (C=O) groups excluding carboxylic acids is 1. The molecule has 0 unspecified atom stereocenters. The topological polar surface area (TPSA) is 46.9 Å². The maximum Gasteiger partial charge on any atom is 0.257 e. The molecular weight excluding hydrogens is 240 g/mol. The lowest BCUT2D eigenvalue weighted by Crippen LogP contribution is -2.26. The van der Waals surface area contributed by atoms with Gasteiger partial charge in [-0.3, -0.25) is 4.79 Å². The minimum absolute atomic E-state index is 0.107. The monoisotopic (exact) mass is 251 g/mol. The third kappa shape index (κ3) is 2.37. The van der Waals surface area contributed by atoms with Gasteiger partial charge in [0.25, 0.3) is 5.91 Å².